The van der Waals surface area contributed by atoms with Gasteiger partial charge < -0.3 is 15.0 Å². The standard InChI is InChI=1S/C14H20N4O2S/c1-5-9-7-16-13(21-9)8(3)18-10(6-2)17-11(12(18)15)14(19)20-4/h7-8H,5-6,15H2,1-4H3. The molecule has 0 saturated carbocycles. The molecule has 1 unspecified atom stereocenters. The van der Waals surface area contributed by atoms with Crippen LogP contribution in [0.5, 0.6) is 0 Å². The summed E-state index contributed by atoms with van der Waals surface area (Å²) >= 11 is 1.66. The van der Waals surface area contributed by atoms with Gasteiger partial charge in [-0.2, -0.15) is 0 Å². The Morgan fingerprint density at radius 1 is 1.48 bits per heavy atom. The highest BCUT2D eigenvalue weighted by molar-refractivity contribution is 7.11. The molecule has 0 fully saturated rings. The fraction of sp³-hybridized carbons (Fsp3) is 0.500. The summed E-state index contributed by atoms with van der Waals surface area (Å²) in [6.45, 7) is 6.09. The molecule has 0 saturated heterocycles. The van der Waals surface area contributed by atoms with Gasteiger partial charge in [-0.25, -0.2) is 14.8 Å². The molecule has 6 nitrogen and oxygen atoms in total. The summed E-state index contributed by atoms with van der Waals surface area (Å²) in [4.78, 5) is 21.7. The summed E-state index contributed by atoms with van der Waals surface area (Å²) in [5, 5.41) is 0.960. The number of imidazole rings is 1. The van der Waals surface area contributed by atoms with E-state index < -0.39 is 5.97 Å². The zero-order chi connectivity index (χ0) is 15.6. The summed E-state index contributed by atoms with van der Waals surface area (Å²) in [5.74, 6) is 0.578. The molecule has 0 amide bonds. The Balaban J connectivity index is 2.46. The molecule has 0 aliphatic carbocycles. The van der Waals surface area contributed by atoms with E-state index >= 15 is 0 Å². The Bertz CT molecular complexity index is 647. The number of thiazole rings is 1. The molecule has 0 bridgehead atoms. The van der Waals surface area contributed by atoms with Crippen LogP contribution in [0.4, 0.5) is 5.82 Å². The minimum atomic E-state index is -0.512. The predicted octanol–water partition coefficient (Wildman–Crippen LogP) is 2.44. The van der Waals surface area contributed by atoms with Crippen molar-refractivity contribution in [1.29, 1.82) is 0 Å². The van der Waals surface area contributed by atoms with E-state index in [1.165, 1.54) is 12.0 Å². The van der Waals surface area contributed by atoms with Crippen molar-refractivity contribution in [2.75, 3.05) is 12.8 Å². The molecule has 7 heteroatoms. The third kappa shape index (κ3) is 2.78. The van der Waals surface area contributed by atoms with E-state index in [-0.39, 0.29) is 11.7 Å². The Labute approximate surface area is 128 Å². The molecule has 0 aliphatic heterocycles. The van der Waals surface area contributed by atoms with Crippen molar-refractivity contribution in [1.82, 2.24) is 14.5 Å². The number of nitrogen functional groups attached to an aromatic ring is 1. The van der Waals surface area contributed by atoms with Gasteiger partial charge in [-0.3, -0.25) is 0 Å². The number of nitrogens with two attached hydrogens (primary N) is 1. The number of rotatable bonds is 5. The van der Waals surface area contributed by atoms with Crippen LogP contribution in [0, 0.1) is 0 Å². The number of hydrogen-bond donors (Lipinski definition) is 1. The molecule has 2 N–H and O–H groups in total. The van der Waals surface area contributed by atoms with E-state index in [2.05, 4.69) is 16.9 Å². The van der Waals surface area contributed by atoms with Gasteiger partial charge in [0.1, 0.15) is 16.6 Å². The molecule has 2 aromatic heterocycles. The first-order valence-corrected chi connectivity index (χ1v) is 7.74. The number of aryl methyl sites for hydroxylation is 2. The first-order chi connectivity index (χ1) is 10.0. The lowest BCUT2D eigenvalue weighted by molar-refractivity contribution is 0.0595. The zero-order valence-electron chi connectivity index (χ0n) is 12.7. The van der Waals surface area contributed by atoms with Crippen molar-refractivity contribution >= 4 is 23.1 Å². The second kappa shape index (κ2) is 6.26. The molecule has 2 aromatic rings. The van der Waals surface area contributed by atoms with Crippen LogP contribution < -0.4 is 5.73 Å². The van der Waals surface area contributed by atoms with Crippen LogP contribution in [0.15, 0.2) is 6.20 Å². The van der Waals surface area contributed by atoms with Crippen molar-refractivity contribution < 1.29 is 9.53 Å². The van der Waals surface area contributed by atoms with Crippen molar-refractivity contribution in [3.05, 3.63) is 27.6 Å². The minimum Gasteiger partial charge on any atom is -0.464 e. The fourth-order valence-corrected chi connectivity index (χ4v) is 3.11. The first-order valence-electron chi connectivity index (χ1n) is 6.92. The number of hydrogen-bond acceptors (Lipinski definition) is 6. The van der Waals surface area contributed by atoms with E-state index in [0.29, 0.717) is 12.2 Å². The highest BCUT2D eigenvalue weighted by Crippen LogP contribution is 2.29. The Morgan fingerprint density at radius 2 is 2.19 bits per heavy atom. The number of carbonyl (C=O) groups is 1. The molecule has 21 heavy (non-hydrogen) atoms. The van der Waals surface area contributed by atoms with E-state index in [1.54, 1.807) is 11.3 Å². The van der Waals surface area contributed by atoms with Gasteiger partial charge in [-0.1, -0.05) is 13.8 Å². The van der Waals surface area contributed by atoms with Crippen LogP contribution in [-0.4, -0.2) is 27.6 Å². The molecule has 1 atom stereocenters. The molecule has 2 rings (SSSR count). The predicted molar refractivity (Wildman–Crippen MR) is 82.7 cm³/mol. The SMILES string of the molecule is CCc1cnc(C(C)n2c(CC)nc(C(=O)OC)c2N)s1. The number of methoxy groups -OCH3 is 1. The van der Waals surface area contributed by atoms with Crippen molar-refractivity contribution in [2.24, 2.45) is 0 Å². The molecular formula is C14H20N4O2S. The molecular weight excluding hydrogens is 288 g/mol. The summed E-state index contributed by atoms with van der Waals surface area (Å²) in [5.41, 5.74) is 6.28. The van der Waals surface area contributed by atoms with Gasteiger partial charge in [-0.15, -0.1) is 11.3 Å². The maximum Gasteiger partial charge on any atom is 0.360 e. The third-order valence-corrected chi connectivity index (χ3v) is 4.69. The van der Waals surface area contributed by atoms with Crippen LogP contribution in [0.3, 0.4) is 0 Å². The smallest absolute Gasteiger partial charge is 0.360 e. The minimum absolute atomic E-state index is 0.0591. The van der Waals surface area contributed by atoms with Crippen molar-refractivity contribution in [3.8, 4) is 0 Å². The van der Waals surface area contributed by atoms with Crippen LogP contribution in [-0.2, 0) is 17.6 Å². The quantitative estimate of drug-likeness (QED) is 0.858. The topological polar surface area (TPSA) is 83.0 Å². The average molecular weight is 308 g/mol. The number of anilines is 1. The van der Waals surface area contributed by atoms with Gasteiger partial charge in [0.15, 0.2) is 5.69 Å². The fourth-order valence-electron chi connectivity index (χ4n) is 2.21. The third-order valence-electron chi connectivity index (χ3n) is 3.38. The van der Waals surface area contributed by atoms with Crippen LogP contribution >= 0.6 is 11.3 Å². The summed E-state index contributed by atoms with van der Waals surface area (Å²) in [6.07, 6.45) is 3.52. The molecule has 0 radical (unpaired) electrons. The van der Waals surface area contributed by atoms with Gasteiger partial charge in [0.25, 0.3) is 0 Å². The van der Waals surface area contributed by atoms with Gasteiger partial charge in [0.05, 0.1) is 13.2 Å². The Morgan fingerprint density at radius 3 is 2.71 bits per heavy atom. The lowest BCUT2D eigenvalue weighted by Crippen LogP contribution is -2.14. The molecule has 0 aliphatic rings. The number of ether oxygens (including phenoxy) is 1. The van der Waals surface area contributed by atoms with E-state index in [0.717, 1.165) is 17.3 Å². The largest absolute Gasteiger partial charge is 0.464 e. The number of esters is 1. The maximum absolute atomic E-state index is 11.7. The van der Waals surface area contributed by atoms with Crippen molar-refractivity contribution in [2.45, 2.75) is 39.7 Å². The normalized spacial score (nSPS) is 12.4. The highest BCUT2D eigenvalue weighted by atomic mass is 32.1. The molecule has 0 spiro atoms. The highest BCUT2D eigenvalue weighted by Gasteiger charge is 2.25. The van der Waals surface area contributed by atoms with E-state index in [4.69, 9.17) is 10.5 Å². The number of aromatic nitrogens is 3. The second-order valence-electron chi connectivity index (χ2n) is 4.67. The maximum atomic E-state index is 11.7. The van der Waals surface area contributed by atoms with Crippen LogP contribution in [0.25, 0.3) is 0 Å². The van der Waals surface area contributed by atoms with E-state index in [9.17, 15) is 4.79 Å². The average Bonchev–Trinajstić information content (AvgIpc) is 3.10. The summed E-state index contributed by atoms with van der Waals surface area (Å²) in [7, 11) is 1.32. The second-order valence-corrected chi connectivity index (χ2v) is 5.82. The summed E-state index contributed by atoms with van der Waals surface area (Å²) in [6, 6.07) is -0.0591. The van der Waals surface area contributed by atoms with Crippen molar-refractivity contribution in [3.63, 3.8) is 0 Å². The molecule has 0 aromatic carbocycles. The van der Waals surface area contributed by atoms with Crippen LogP contribution in [0.1, 0.15) is 53.0 Å². The Kier molecular flexibility index (Phi) is 4.62. The lowest BCUT2D eigenvalue weighted by Gasteiger charge is -2.15. The van der Waals surface area contributed by atoms with Gasteiger partial charge >= 0.3 is 5.97 Å². The van der Waals surface area contributed by atoms with Crippen LogP contribution in [0.2, 0.25) is 0 Å². The first kappa shape index (κ1) is 15.5. The molecule has 114 valence electrons. The lowest BCUT2D eigenvalue weighted by atomic mass is 10.3. The van der Waals surface area contributed by atoms with Gasteiger partial charge in [0.2, 0.25) is 0 Å². The van der Waals surface area contributed by atoms with Gasteiger partial charge in [0, 0.05) is 17.5 Å². The summed E-state index contributed by atoms with van der Waals surface area (Å²) < 4.78 is 6.59. The zero-order valence-corrected chi connectivity index (χ0v) is 13.5. The monoisotopic (exact) mass is 308 g/mol. The molecule has 2 heterocycles. The van der Waals surface area contributed by atoms with Gasteiger partial charge in [-0.05, 0) is 13.3 Å². The van der Waals surface area contributed by atoms with E-state index in [1.807, 2.05) is 24.6 Å². The number of carbonyl (C=O) groups excluding carboxylic acids is 1. The Hall–Kier alpha value is -1.89. The number of nitrogens with zero attached hydrogens (tertiary/aromatic N) is 3.